The smallest absolute Gasteiger partial charge is 0.311 e. The van der Waals surface area contributed by atoms with Gasteiger partial charge in [-0.25, -0.2) is 0 Å². The highest BCUT2D eigenvalue weighted by Crippen LogP contribution is 2.48. The molecule has 1 amide bonds. The molecular weight excluding hydrogens is 258 g/mol. The molecule has 0 spiro atoms. The van der Waals surface area contributed by atoms with E-state index in [1.165, 1.54) is 0 Å². The van der Waals surface area contributed by atoms with E-state index < -0.39 is 11.4 Å². The second-order valence-corrected chi connectivity index (χ2v) is 5.84. The zero-order valence-corrected chi connectivity index (χ0v) is 11.4. The number of nitrogens with zero attached hydrogens (tertiary/aromatic N) is 3. The molecule has 1 saturated heterocycles. The quantitative estimate of drug-likeness (QED) is 0.890. The van der Waals surface area contributed by atoms with E-state index >= 15 is 0 Å². The summed E-state index contributed by atoms with van der Waals surface area (Å²) >= 11 is 0. The molecule has 1 aromatic rings. The summed E-state index contributed by atoms with van der Waals surface area (Å²) in [6.07, 6.45) is 6.48. The Bertz CT molecular complexity index is 514. The summed E-state index contributed by atoms with van der Waals surface area (Å²) in [6, 6.07) is 1.82. The van der Waals surface area contributed by atoms with Crippen molar-refractivity contribution in [2.75, 3.05) is 13.1 Å². The number of rotatable bonds is 4. The maximum absolute atomic E-state index is 12.2. The first-order valence-corrected chi connectivity index (χ1v) is 7.10. The third-order valence-corrected chi connectivity index (χ3v) is 4.76. The van der Waals surface area contributed by atoms with Gasteiger partial charge in [0.1, 0.15) is 0 Å². The summed E-state index contributed by atoms with van der Waals surface area (Å²) in [7, 11) is 0. The Labute approximate surface area is 117 Å². The fourth-order valence-corrected chi connectivity index (χ4v) is 3.63. The second kappa shape index (κ2) is 4.92. The van der Waals surface area contributed by atoms with Crippen LogP contribution in [0.15, 0.2) is 18.5 Å². The van der Waals surface area contributed by atoms with Gasteiger partial charge in [-0.2, -0.15) is 5.10 Å². The SMILES string of the molecule is O=C(CCn1cccn1)N1C[C@@H]2CCC[C@@]2(C(=O)O)C1. The number of carboxylic acid groups (broad SMARTS) is 1. The second-order valence-electron chi connectivity index (χ2n) is 5.84. The van der Waals surface area contributed by atoms with Crippen molar-refractivity contribution >= 4 is 11.9 Å². The Kier molecular flexibility index (Phi) is 3.23. The summed E-state index contributed by atoms with van der Waals surface area (Å²) in [5.41, 5.74) is -0.679. The number of carbonyl (C=O) groups is 2. The van der Waals surface area contributed by atoms with Crippen LogP contribution in [0.4, 0.5) is 0 Å². The number of carbonyl (C=O) groups excluding carboxylic acids is 1. The summed E-state index contributed by atoms with van der Waals surface area (Å²) in [5, 5.41) is 13.6. The Hall–Kier alpha value is -1.85. The molecule has 2 heterocycles. The molecule has 0 unspecified atom stereocenters. The molecule has 6 nitrogen and oxygen atoms in total. The van der Waals surface area contributed by atoms with Crippen molar-refractivity contribution in [3.63, 3.8) is 0 Å². The van der Waals surface area contributed by atoms with Gasteiger partial charge in [0.25, 0.3) is 0 Å². The first-order chi connectivity index (χ1) is 9.62. The molecular formula is C14H19N3O3. The Morgan fingerprint density at radius 2 is 2.30 bits per heavy atom. The van der Waals surface area contributed by atoms with E-state index in [2.05, 4.69) is 5.10 Å². The van der Waals surface area contributed by atoms with Gasteiger partial charge >= 0.3 is 5.97 Å². The number of likely N-dealkylation sites (tertiary alicyclic amines) is 1. The van der Waals surface area contributed by atoms with Gasteiger partial charge in [-0.3, -0.25) is 14.3 Å². The maximum Gasteiger partial charge on any atom is 0.311 e. The van der Waals surface area contributed by atoms with Gasteiger partial charge < -0.3 is 10.0 Å². The molecule has 1 N–H and O–H groups in total. The average Bonchev–Trinajstić information content (AvgIpc) is 3.10. The highest BCUT2D eigenvalue weighted by atomic mass is 16.4. The fraction of sp³-hybridized carbons (Fsp3) is 0.643. The number of amides is 1. The average molecular weight is 277 g/mol. The molecule has 0 radical (unpaired) electrons. The van der Waals surface area contributed by atoms with Gasteiger partial charge in [0, 0.05) is 38.4 Å². The molecule has 2 atom stereocenters. The number of fused-ring (bicyclic) bond motifs is 1. The normalized spacial score (nSPS) is 28.6. The van der Waals surface area contributed by atoms with E-state index in [4.69, 9.17) is 0 Å². The number of carboxylic acids is 1. The van der Waals surface area contributed by atoms with Gasteiger partial charge in [-0.15, -0.1) is 0 Å². The van der Waals surface area contributed by atoms with Crippen LogP contribution in [0.2, 0.25) is 0 Å². The van der Waals surface area contributed by atoms with Crippen LogP contribution in [0.1, 0.15) is 25.7 Å². The highest BCUT2D eigenvalue weighted by Gasteiger charge is 2.55. The molecule has 3 rings (SSSR count). The molecule has 1 saturated carbocycles. The molecule has 2 aliphatic rings. The van der Waals surface area contributed by atoms with Crippen LogP contribution >= 0.6 is 0 Å². The number of aryl methyl sites for hydroxylation is 1. The van der Waals surface area contributed by atoms with Crippen LogP contribution < -0.4 is 0 Å². The van der Waals surface area contributed by atoms with E-state index in [1.54, 1.807) is 15.8 Å². The summed E-state index contributed by atoms with van der Waals surface area (Å²) in [6.45, 7) is 1.53. The molecule has 0 bridgehead atoms. The summed E-state index contributed by atoms with van der Waals surface area (Å²) < 4.78 is 1.72. The molecule has 6 heteroatoms. The monoisotopic (exact) mass is 277 g/mol. The van der Waals surface area contributed by atoms with Crippen LogP contribution in [0.25, 0.3) is 0 Å². The molecule has 2 fully saturated rings. The highest BCUT2D eigenvalue weighted by molar-refractivity contribution is 5.81. The molecule has 108 valence electrons. The van der Waals surface area contributed by atoms with Crippen LogP contribution in [-0.2, 0) is 16.1 Å². The standard InChI is InChI=1S/C14H19N3O3/c18-12(4-8-17-7-2-6-15-17)16-9-11-3-1-5-14(11,10-16)13(19)20/h2,6-7,11H,1,3-5,8-10H2,(H,19,20)/t11-,14+/m0/s1. The summed E-state index contributed by atoms with van der Waals surface area (Å²) in [4.78, 5) is 25.5. The van der Waals surface area contributed by atoms with Crippen molar-refractivity contribution in [2.45, 2.75) is 32.2 Å². The molecule has 1 aliphatic carbocycles. The third kappa shape index (κ3) is 2.09. The van der Waals surface area contributed by atoms with Gasteiger partial charge in [-0.05, 0) is 24.8 Å². The van der Waals surface area contributed by atoms with Crippen molar-refractivity contribution in [2.24, 2.45) is 11.3 Å². The van der Waals surface area contributed by atoms with Gasteiger partial charge in [0.15, 0.2) is 0 Å². The van der Waals surface area contributed by atoms with E-state index in [0.29, 0.717) is 32.5 Å². The van der Waals surface area contributed by atoms with E-state index in [-0.39, 0.29) is 11.8 Å². The van der Waals surface area contributed by atoms with E-state index in [1.807, 2.05) is 12.3 Å². The topological polar surface area (TPSA) is 75.4 Å². The van der Waals surface area contributed by atoms with E-state index in [0.717, 1.165) is 12.8 Å². The predicted octanol–water partition coefficient (Wildman–Crippen LogP) is 0.986. The minimum absolute atomic E-state index is 0.0375. The predicted molar refractivity (Wildman–Crippen MR) is 70.8 cm³/mol. The van der Waals surface area contributed by atoms with Crippen molar-refractivity contribution in [1.29, 1.82) is 0 Å². The Morgan fingerprint density at radius 3 is 2.95 bits per heavy atom. The van der Waals surface area contributed by atoms with Crippen molar-refractivity contribution in [3.8, 4) is 0 Å². The number of hydrogen-bond acceptors (Lipinski definition) is 3. The lowest BCUT2D eigenvalue weighted by molar-refractivity contribution is -0.149. The number of aliphatic carboxylic acids is 1. The molecule has 1 aromatic heterocycles. The lowest BCUT2D eigenvalue weighted by Gasteiger charge is -2.23. The van der Waals surface area contributed by atoms with E-state index in [9.17, 15) is 14.7 Å². The Balaban J connectivity index is 1.62. The molecule has 20 heavy (non-hydrogen) atoms. The first-order valence-electron chi connectivity index (χ1n) is 7.10. The summed E-state index contributed by atoms with van der Waals surface area (Å²) in [5.74, 6) is -0.563. The first kappa shape index (κ1) is 13.1. The zero-order chi connectivity index (χ0) is 14.2. The van der Waals surface area contributed by atoms with Gasteiger partial charge in [0.2, 0.25) is 5.91 Å². The minimum Gasteiger partial charge on any atom is -0.481 e. The van der Waals surface area contributed by atoms with Crippen molar-refractivity contribution < 1.29 is 14.7 Å². The van der Waals surface area contributed by atoms with Crippen LogP contribution in [0, 0.1) is 11.3 Å². The van der Waals surface area contributed by atoms with Crippen LogP contribution in [0.5, 0.6) is 0 Å². The zero-order valence-electron chi connectivity index (χ0n) is 11.4. The minimum atomic E-state index is -0.734. The third-order valence-electron chi connectivity index (χ3n) is 4.76. The van der Waals surface area contributed by atoms with Crippen LogP contribution in [0.3, 0.4) is 0 Å². The number of aromatic nitrogens is 2. The Morgan fingerprint density at radius 1 is 1.45 bits per heavy atom. The lowest BCUT2D eigenvalue weighted by Crippen LogP contribution is -2.37. The van der Waals surface area contributed by atoms with Gasteiger partial charge in [-0.1, -0.05) is 6.42 Å². The van der Waals surface area contributed by atoms with Gasteiger partial charge in [0.05, 0.1) is 5.41 Å². The van der Waals surface area contributed by atoms with Crippen molar-refractivity contribution in [3.05, 3.63) is 18.5 Å². The molecule has 0 aromatic carbocycles. The van der Waals surface area contributed by atoms with Crippen molar-refractivity contribution in [1.82, 2.24) is 14.7 Å². The van der Waals surface area contributed by atoms with Crippen LogP contribution in [-0.4, -0.2) is 44.8 Å². The lowest BCUT2D eigenvalue weighted by atomic mass is 9.81. The molecule has 1 aliphatic heterocycles. The fourth-order valence-electron chi connectivity index (χ4n) is 3.63. The largest absolute Gasteiger partial charge is 0.481 e. The maximum atomic E-state index is 12.2. The number of hydrogen-bond donors (Lipinski definition) is 1.